The summed E-state index contributed by atoms with van der Waals surface area (Å²) in [4.78, 5) is 12.7. The molecule has 0 spiro atoms. The maximum Gasteiger partial charge on any atom is 0.255 e. The van der Waals surface area contributed by atoms with Crippen LogP contribution in [-0.2, 0) is 0 Å². The Morgan fingerprint density at radius 2 is 1.58 bits per heavy atom. The van der Waals surface area contributed by atoms with Crippen molar-refractivity contribution < 1.29 is 9.53 Å². The average Bonchev–Trinajstić information content (AvgIpc) is 2.69. The van der Waals surface area contributed by atoms with Crippen molar-refractivity contribution in [1.82, 2.24) is 5.32 Å². The zero-order chi connectivity index (χ0) is 17.9. The summed E-state index contributed by atoms with van der Waals surface area (Å²) in [5.74, 6) is 0.629. The predicted octanol–water partition coefficient (Wildman–Crippen LogP) is 4.92. The Morgan fingerprint density at radius 3 is 2.35 bits per heavy atom. The average molecular weight is 362 g/mol. The van der Waals surface area contributed by atoms with Gasteiger partial charge in [-0.05, 0) is 35.9 Å². The Bertz CT molecular complexity index is 979. The summed E-state index contributed by atoms with van der Waals surface area (Å²) < 4.78 is 5.85. The minimum absolute atomic E-state index is 0.187. The number of fused-ring (bicyclic) bond motifs is 1. The Labute approximate surface area is 156 Å². The SMILES string of the molecule is O=C(NC1=C(c2ccccc2)c2ccccc2OC1)c1ccc(Cl)cc1. The van der Waals surface area contributed by atoms with E-state index in [1.165, 1.54) is 0 Å². The zero-order valence-electron chi connectivity index (χ0n) is 13.9. The molecule has 0 aromatic heterocycles. The first-order valence-corrected chi connectivity index (χ1v) is 8.68. The molecule has 0 saturated heterocycles. The van der Waals surface area contributed by atoms with E-state index in [-0.39, 0.29) is 5.91 Å². The van der Waals surface area contributed by atoms with Gasteiger partial charge >= 0.3 is 0 Å². The Hall–Kier alpha value is -3.04. The molecule has 3 nitrogen and oxygen atoms in total. The molecule has 0 unspecified atom stereocenters. The highest BCUT2D eigenvalue weighted by Gasteiger charge is 2.22. The normalized spacial score (nSPS) is 13.0. The molecule has 128 valence electrons. The second-order valence-corrected chi connectivity index (χ2v) is 6.40. The van der Waals surface area contributed by atoms with Gasteiger partial charge in [0.05, 0.1) is 5.70 Å². The van der Waals surface area contributed by atoms with E-state index in [4.69, 9.17) is 16.3 Å². The molecular weight excluding hydrogens is 346 g/mol. The first-order valence-electron chi connectivity index (χ1n) is 8.30. The Kier molecular flexibility index (Phi) is 4.46. The van der Waals surface area contributed by atoms with Gasteiger partial charge in [-0.2, -0.15) is 0 Å². The lowest BCUT2D eigenvalue weighted by atomic mass is 9.93. The van der Waals surface area contributed by atoms with E-state index in [2.05, 4.69) is 5.32 Å². The quantitative estimate of drug-likeness (QED) is 0.719. The van der Waals surface area contributed by atoms with Crippen molar-refractivity contribution in [2.75, 3.05) is 6.61 Å². The topological polar surface area (TPSA) is 38.3 Å². The summed E-state index contributed by atoms with van der Waals surface area (Å²) in [6, 6.07) is 24.7. The number of amides is 1. The van der Waals surface area contributed by atoms with Crippen LogP contribution in [0.5, 0.6) is 5.75 Å². The van der Waals surface area contributed by atoms with Crippen LogP contribution in [-0.4, -0.2) is 12.5 Å². The van der Waals surface area contributed by atoms with Gasteiger partial charge in [0.1, 0.15) is 12.4 Å². The third-order valence-corrected chi connectivity index (χ3v) is 4.52. The monoisotopic (exact) mass is 361 g/mol. The molecule has 4 rings (SSSR count). The predicted molar refractivity (Wildman–Crippen MR) is 103 cm³/mol. The minimum atomic E-state index is -0.187. The molecule has 0 fully saturated rings. The number of ether oxygens (including phenoxy) is 1. The fourth-order valence-electron chi connectivity index (χ4n) is 3.03. The van der Waals surface area contributed by atoms with Gasteiger partial charge < -0.3 is 10.1 Å². The fraction of sp³-hybridized carbons (Fsp3) is 0.0455. The smallest absolute Gasteiger partial charge is 0.255 e. The molecule has 0 saturated carbocycles. The van der Waals surface area contributed by atoms with Gasteiger partial charge in [-0.1, -0.05) is 60.1 Å². The Balaban J connectivity index is 1.77. The van der Waals surface area contributed by atoms with Gasteiger partial charge in [-0.3, -0.25) is 4.79 Å². The van der Waals surface area contributed by atoms with Crippen LogP contribution in [0.1, 0.15) is 21.5 Å². The van der Waals surface area contributed by atoms with E-state index >= 15 is 0 Å². The highest BCUT2D eigenvalue weighted by Crippen LogP contribution is 2.36. The van der Waals surface area contributed by atoms with Crippen LogP contribution in [0.3, 0.4) is 0 Å². The molecule has 0 atom stereocenters. The lowest BCUT2D eigenvalue weighted by Gasteiger charge is -2.25. The number of carbonyl (C=O) groups excluding carboxylic acids is 1. The third kappa shape index (κ3) is 3.22. The highest BCUT2D eigenvalue weighted by atomic mass is 35.5. The second-order valence-electron chi connectivity index (χ2n) is 5.97. The molecule has 4 heteroatoms. The summed E-state index contributed by atoms with van der Waals surface area (Å²) in [7, 11) is 0. The minimum Gasteiger partial charge on any atom is -0.487 e. The number of benzene rings is 3. The summed E-state index contributed by atoms with van der Waals surface area (Å²) in [5, 5.41) is 3.61. The fourth-order valence-corrected chi connectivity index (χ4v) is 3.15. The lowest BCUT2D eigenvalue weighted by Crippen LogP contribution is -2.29. The number of rotatable bonds is 3. The van der Waals surface area contributed by atoms with Crippen molar-refractivity contribution in [3.63, 3.8) is 0 Å². The van der Waals surface area contributed by atoms with Crippen molar-refractivity contribution in [2.45, 2.75) is 0 Å². The standard InChI is InChI=1S/C22H16ClNO2/c23-17-12-10-16(11-13-17)22(25)24-19-14-26-20-9-5-4-8-18(20)21(19)15-6-2-1-3-7-15/h1-13H,14H2,(H,24,25). The molecule has 3 aromatic carbocycles. The van der Waals surface area contributed by atoms with Gasteiger partial charge in [-0.25, -0.2) is 0 Å². The summed E-state index contributed by atoms with van der Waals surface area (Å²) >= 11 is 5.91. The van der Waals surface area contributed by atoms with E-state index in [0.717, 1.165) is 28.1 Å². The van der Waals surface area contributed by atoms with Crippen molar-refractivity contribution in [2.24, 2.45) is 0 Å². The summed E-state index contributed by atoms with van der Waals surface area (Å²) in [6.45, 7) is 0.306. The lowest BCUT2D eigenvalue weighted by molar-refractivity contribution is 0.0961. The van der Waals surface area contributed by atoms with Crippen LogP contribution in [0.15, 0.2) is 84.6 Å². The second kappa shape index (κ2) is 7.06. The maximum atomic E-state index is 12.7. The van der Waals surface area contributed by atoms with Gasteiger partial charge in [0, 0.05) is 21.7 Å². The van der Waals surface area contributed by atoms with Gasteiger partial charge in [-0.15, -0.1) is 0 Å². The van der Waals surface area contributed by atoms with Crippen molar-refractivity contribution in [1.29, 1.82) is 0 Å². The Morgan fingerprint density at radius 1 is 0.885 bits per heavy atom. The van der Waals surface area contributed by atoms with E-state index in [1.807, 2.05) is 54.6 Å². The third-order valence-electron chi connectivity index (χ3n) is 4.26. The molecule has 1 amide bonds. The number of para-hydroxylation sites is 1. The van der Waals surface area contributed by atoms with Crippen molar-refractivity contribution in [3.05, 3.63) is 106 Å². The number of hydrogen-bond acceptors (Lipinski definition) is 2. The van der Waals surface area contributed by atoms with E-state index < -0.39 is 0 Å². The molecule has 1 aliphatic heterocycles. The van der Waals surface area contributed by atoms with Gasteiger partial charge in [0.15, 0.2) is 0 Å². The first-order chi connectivity index (χ1) is 12.7. The van der Waals surface area contributed by atoms with Crippen LogP contribution in [0, 0.1) is 0 Å². The molecule has 0 aliphatic carbocycles. The first kappa shape index (κ1) is 16.4. The molecule has 1 heterocycles. The largest absolute Gasteiger partial charge is 0.487 e. The van der Waals surface area contributed by atoms with Crippen molar-refractivity contribution in [3.8, 4) is 5.75 Å². The van der Waals surface area contributed by atoms with Crippen LogP contribution >= 0.6 is 11.6 Å². The van der Waals surface area contributed by atoms with Crippen LogP contribution < -0.4 is 10.1 Å². The van der Waals surface area contributed by atoms with Crippen LogP contribution in [0.4, 0.5) is 0 Å². The highest BCUT2D eigenvalue weighted by molar-refractivity contribution is 6.30. The van der Waals surface area contributed by atoms with Gasteiger partial charge in [0.25, 0.3) is 5.91 Å². The number of nitrogens with one attached hydrogen (secondary N) is 1. The van der Waals surface area contributed by atoms with E-state index in [9.17, 15) is 4.79 Å². The number of carbonyl (C=O) groups is 1. The summed E-state index contributed by atoms with van der Waals surface area (Å²) in [6.07, 6.45) is 0. The molecule has 26 heavy (non-hydrogen) atoms. The molecule has 3 aromatic rings. The van der Waals surface area contributed by atoms with Crippen molar-refractivity contribution >= 4 is 23.1 Å². The molecule has 1 N–H and O–H groups in total. The van der Waals surface area contributed by atoms with Gasteiger partial charge in [0.2, 0.25) is 0 Å². The molecule has 0 bridgehead atoms. The maximum absolute atomic E-state index is 12.7. The van der Waals surface area contributed by atoms with Crippen LogP contribution in [0.2, 0.25) is 5.02 Å². The number of halogens is 1. The summed E-state index contributed by atoms with van der Waals surface area (Å²) in [5.41, 5.74) is 4.28. The van der Waals surface area contributed by atoms with E-state index in [0.29, 0.717) is 17.2 Å². The molecule has 0 radical (unpaired) electrons. The van der Waals surface area contributed by atoms with Crippen LogP contribution in [0.25, 0.3) is 5.57 Å². The molecular formula is C22H16ClNO2. The molecule has 1 aliphatic rings. The van der Waals surface area contributed by atoms with E-state index in [1.54, 1.807) is 24.3 Å². The number of hydrogen-bond donors (Lipinski definition) is 1. The zero-order valence-corrected chi connectivity index (χ0v) is 14.7.